The van der Waals surface area contributed by atoms with Crippen LogP contribution in [0.3, 0.4) is 0 Å². The van der Waals surface area contributed by atoms with Crippen molar-refractivity contribution in [1.29, 1.82) is 0 Å². The highest BCUT2D eigenvalue weighted by atomic mass is 127. The Bertz CT molecular complexity index is 399. The van der Waals surface area contributed by atoms with E-state index in [4.69, 9.17) is 4.74 Å². The van der Waals surface area contributed by atoms with E-state index in [1.165, 1.54) is 4.90 Å². The van der Waals surface area contributed by atoms with Gasteiger partial charge in [0.15, 0.2) is 5.96 Å². The van der Waals surface area contributed by atoms with Crippen LogP contribution in [-0.2, 0) is 4.74 Å². The fourth-order valence-electron chi connectivity index (χ4n) is 2.78. The summed E-state index contributed by atoms with van der Waals surface area (Å²) in [5.74, 6) is 0.673. The van der Waals surface area contributed by atoms with Crippen molar-refractivity contribution < 1.29 is 17.9 Å². The number of methoxy groups -OCH3 is 1. The number of aliphatic imine (C=N–C) groups is 1. The highest BCUT2D eigenvalue weighted by molar-refractivity contribution is 14.0. The second-order valence-corrected chi connectivity index (χ2v) is 6.39. The zero-order chi connectivity index (χ0) is 18.7. The van der Waals surface area contributed by atoms with Crippen LogP contribution in [0.15, 0.2) is 4.99 Å². The van der Waals surface area contributed by atoms with Gasteiger partial charge in [0.2, 0.25) is 0 Å². The molecular formula is C16H33F3IN5O. The van der Waals surface area contributed by atoms with E-state index < -0.39 is 12.7 Å². The third-order valence-electron chi connectivity index (χ3n) is 4.00. The van der Waals surface area contributed by atoms with Gasteiger partial charge in [-0.3, -0.25) is 9.89 Å². The molecule has 1 saturated heterocycles. The van der Waals surface area contributed by atoms with E-state index in [2.05, 4.69) is 20.5 Å². The number of halogens is 4. The van der Waals surface area contributed by atoms with Gasteiger partial charge in [-0.2, -0.15) is 13.2 Å². The SMILES string of the molecule is CCNC(=NCCN(C)CCCOC)NC1CCN(CC(F)(F)F)C1.I. The van der Waals surface area contributed by atoms with Crippen LogP contribution >= 0.6 is 24.0 Å². The Labute approximate surface area is 171 Å². The van der Waals surface area contributed by atoms with Gasteiger partial charge in [0.25, 0.3) is 0 Å². The van der Waals surface area contributed by atoms with Gasteiger partial charge in [-0.05, 0) is 26.8 Å². The topological polar surface area (TPSA) is 52.1 Å². The molecule has 0 amide bonds. The molecule has 2 N–H and O–H groups in total. The summed E-state index contributed by atoms with van der Waals surface area (Å²) in [6.45, 7) is 5.84. The molecule has 6 nitrogen and oxygen atoms in total. The third kappa shape index (κ3) is 12.1. The zero-order valence-electron chi connectivity index (χ0n) is 15.9. The number of ether oxygens (including phenoxy) is 1. The average molecular weight is 495 g/mol. The lowest BCUT2D eigenvalue weighted by molar-refractivity contribution is -0.143. The number of nitrogens with one attached hydrogen (secondary N) is 2. The molecule has 1 aliphatic rings. The zero-order valence-corrected chi connectivity index (χ0v) is 18.3. The van der Waals surface area contributed by atoms with Crippen LogP contribution < -0.4 is 10.6 Å². The number of likely N-dealkylation sites (N-methyl/N-ethyl adjacent to an activating group) is 1. The maximum Gasteiger partial charge on any atom is 0.401 e. The number of nitrogens with zero attached hydrogens (tertiary/aromatic N) is 3. The molecule has 1 heterocycles. The maximum absolute atomic E-state index is 12.5. The Morgan fingerprint density at radius 1 is 1.35 bits per heavy atom. The van der Waals surface area contributed by atoms with Crippen molar-refractivity contribution in [1.82, 2.24) is 20.4 Å². The standard InChI is InChI=1S/C16H32F3N5O.HI/c1-4-20-15(21-7-10-23(2)8-5-11-25-3)22-14-6-9-24(12-14)13-16(17,18)19;/h14H,4-13H2,1-3H3,(H2,20,21,22);1H. The fourth-order valence-corrected chi connectivity index (χ4v) is 2.78. The van der Waals surface area contributed by atoms with Crippen molar-refractivity contribution in [3.8, 4) is 0 Å². The molecule has 1 atom stereocenters. The van der Waals surface area contributed by atoms with Crippen LogP contribution in [0.4, 0.5) is 13.2 Å². The molecule has 0 radical (unpaired) electrons. The Balaban J connectivity index is 0.00000625. The number of rotatable bonds is 10. The normalized spacial score (nSPS) is 18.9. The van der Waals surface area contributed by atoms with Crippen molar-refractivity contribution in [3.63, 3.8) is 0 Å². The van der Waals surface area contributed by atoms with Crippen molar-refractivity contribution in [3.05, 3.63) is 0 Å². The van der Waals surface area contributed by atoms with Gasteiger partial charge in [-0.1, -0.05) is 0 Å². The lowest BCUT2D eigenvalue weighted by Gasteiger charge is -2.20. The summed E-state index contributed by atoms with van der Waals surface area (Å²) in [7, 11) is 3.73. The van der Waals surface area contributed by atoms with Crippen LogP contribution in [0.5, 0.6) is 0 Å². The Hall–Kier alpha value is -0.330. The van der Waals surface area contributed by atoms with E-state index in [1.54, 1.807) is 7.11 Å². The predicted molar refractivity (Wildman–Crippen MR) is 109 cm³/mol. The van der Waals surface area contributed by atoms with E-state index in [0.717, 1.165) is 26.1 Å². The number of guanidine groups is 1. The van der Waals surface area contributed by atoms with E-state index in [-0.39, 0.29) is 30.0 Å². The minimum absolute atomic E-state index is 0. The fraction of sp³-hybridized carbons (Fsp3) is 0.938. The lowest BCUT2D eigenvalue weighted by atomic mass is 10.3. The number of alkyl halides is 3. The minimum atomic E-state index is -4.14. The van der Waals surface area contributed by atoms with Crippen molar-refractivity contribution in [2.45, 2.75) is 32.0 Å². The highest BCUT2D eigenvalue weighted by Gasteiger charge is 2.34. The lowest BCUT2D eigenvalue weighted by Crippen LogP contribution is -2.45. The van der Waals surface area contributed by atoms with Gasteiger partial charge < -0.3 is 20.3 Å². The Morgan fingerprint density at radius 3 is 2.69 bits per heavy atom. The van der Waals surface area contributed by atoms with Gasteiger partial charge in [-0.25, -0.2) is 0 Å². The molecule has 0 aromatic carbocycles. The molecule has 10 heteroatoms. The van der Waals surface area contributed by atoms with Crippen LogP contribution in [0.25, 0.3) is 0 Å². The Morgan fingerprint density at radius 2 is 2.08 bits per heavy atom. The monoisotopic (exact) mass is 495 g/mol. The van der Waals surface area contributed by atoms with Crippen LogP contribution in [0.1, 0.15) is 19.8 Å². The predicted octanol–water partition coefficient (Wildman–Crippen LogP) is 1.76. The summed E-state index contributed by atoms with van der Waals surface area (Å²) in [5.41, 5.74) is 0. The first kappa shape index (κ1) is 25.7. The average Bonchev–Trinajstić information content (AvgIpc) is 2.92. The molecule has 0 aromatic rings. The van der Waals surface area contributed by atoms with Crippen LogP contribution in [-0.4, -0.2) is 94.6 Å². The second-order valence-electron chi connectivity index (χ2n) is 6.39. The van der Waals surface area contributed by atoms with Gasteiger partial charge in [0.05, 0.1) is 13.1 Å². The van der Waals surface area contributed by atoms with E-state index in [0.29, 0.717) is 38.6 Å². The number of hydrogen-bond acceptors (Lipinski definition) is 4. The molecule has 0 spiro atoms. The van der Waals surface area contributed by atoms with Crippen molar-refractivity contribution in [2.75, 3.05) is 66.6 Å². The van der Waals surface area contributed by atoms with Crippen LogP contribution in [0, 0.1) is 0 Å². The first-order chi connectivity index (χ1) is 11.8. The number of hydrogen-bond donors (Lipinski definition) is 2. The molecule has 1 aliphatic heterocycles. The van der Waals surface area contributed by atoms with Crippen molar-refractivity contribution >= 4 is 29.9 Å². The second kappa shape index (κ2) is 13.8. The maximum atomic E-state index is 12.5. The molecule has 26 heavy (non-hydrogen) atoms. The largest absolute Gasteiger partial charge is 0.401 e. The molecule has 1 fully saturated rings. The summed E-state index contributed by atoms with van der Waals surface area (Å²) >= 11 is 0. The van der Waals surface area contributed by atoms with Crippen molar-refractivity contribution in [2.24, 2.45) is 4.99 Å². The molecular weight excluding hydrogens is 462 g/mol. The third-order valence-corrected chi connectivity index (χ3v) is 4.00. The van der Waals surface area contributed by atoms with Crippen LogP contribution in [0.2, 0.25) is 0 Å². The smallest absolute Gasteiger partial charge is 0.385 e. The summed E-state index contributed by atoms with van der Waals surface area (Å²) in [4.78, 5) is 8.15. The van der Waals surface area contributed by atoms with E-state index in [9.17, 15) is 13.2 Å². The summed E-state index contributed by atoms with van der Waals surface area (Å²) in [6.07, 6.45) is -2.47. The number of likely N-dealkylation sites (tertiary alicyclic amines) is 1. The summed E-state index contributed by atoms with van der Waals surface area (Å²) in [5, 5.41) is 6.41. The Kier molecular flexibility index (Phi) is 13.6. The molecule has 1 rings (SSSR count). The molecule has 0 bridgehead atoms. The van der Waals surface area contributed by atoms with E-state index >= 15 is 0 Å². The van der Waals surface area contributed by atoms with Gasteiger partial charge >= 0.3 is 6.18 Å². The molecule has 0 saturated carbocycles. The van der Waals surface area contributed by atoms with Gasteiger partial charge in [0.1, 0.15) is 0 Å². The first-order valence-corrected chi connectivity index (χ1v) is 8.85. The molecule has 0 aliphatic carbocycles. The summed E-state index contributed by atoms with van der Waals surface area (Å²) < 4.78 is 42.4. The summed E-state index contributed by atoms with van der Waals surface area (Å²) in [6, 6.07) is -0.000387. The molecule has 156 valence electrons. The van der Waals surface area contributed by atoms with Gasteiger partial charge in [0, 0.05) is 52.5 Å². The van der Waals surface area contributed by atoms with Gasteiger partial charge in [-0.15, -0.1) is 24.0 Å². The van der Waals surface area contributed by atoms with E-state index in [1.807, 2.05) is 14.0 Å². The molecule has 0 aromatic heterocycles. The highest BCUT2D eigenvalue weighted by Crippen LogP contribution is 2.19. The molecule has 1 unspecified atom stereocenters. The minimum Gasteiger partial charge on any atom is -0.385 e. The quantitative estimate of drug-likeness (QED) is 0.210. The first-order valence-electron chi connectivity index (χ1n) is 8.85.